The van der Waals surface area contributed by atoms with E-state index in [4.69, 9.17) is 4.74 Å². The highest BCUT2D eigenvalue weighted by Gasteiger charge is 2.39. The Labute approximate surface area is 153 Å². The molecule has 0 N–H and O–H groups in total. The van der Waals surface area contributed by atoms with Crippen molar-refractivity contribution in [3.63, 3.8) is 0 Å². The minimum atomic E-state index is -4.50. The smallest absolute Gasteiger partial charge is 0.449 e. The van der Waals surface area contributed by atoms with Crippen LogP contribution < -0.4 is 4.74 Å². The van der Waals surface area contributed by atoms with Gasteiger partial charge in [0, 0.05) is 43.9 Å². The number of hydrogen-bond donors (Lipinski definition) is 0. The van der Waals surface area contributed by atoms with Crippen LogP contribution in [0.1, 0.15) is 17.9 Å². The van der Waals surface area contributed by atoms with Crippen LogP contribution in [0.3, 0.4) is 0 Å². The van der Waals surface area contributed by atoms with Gasteiger partial charge in [0.15, 0.2) is 0 Å². The highest BCUT2D eigenvalue weighted by atomic mass is 19.4. The molecule has 0 unspecified atom stereocenters. The van der Waals surface area contributed by atoms with E-state index in [2.05, 4.69) is 4.98 Å². The molecule has 2 aromatic rings. The van der Waals surface area contributed by atoms with Gasteiger partial charge in [-0.25, -0.2) is 9.37 Å². The molecule has 1 atom stereocenters. The minimum absolute atomic E-state index is 0.105. The fourth-order valence-electron chi connectivity index (χ4n) is 3.18. The van der Waals surface area contributed by atoms with Gasteiger partial charge in [0.1, 0.15) is 18.2 Å². The summed E-state index contributed by atoms with van der Waals surface area (Å²) < 4.78 is 58.4. The third-order valence-electron chi connectivity index (χ3n) is 4.57. The predicted octanol–water partition coefficient (Wildman–Crippen LogP) is 3.14. The Morgan fingerprint density at radius 1 is 1.41 bits per heavy atom. The first-order valence-electron chi connectivity index (χ1n) is 8.50. The van der Waals surface area contributed by atoms with E-state index in [0.29, 0.717) is 24.4 Å². The van der Waals surface area contributed by atoms with Crippen LogP contribution in [0, 0.1) is 11.7 Å². The number of nitrogens with zero attached hydrogens (tertiary/aromatic N) is 3. The van der Waals surface area contributed by atoms with Gasteiger partial charge in [-0.2, -0.15) is 13.2 Å². The van der Waals surface area contributed by atoms with Crippen LogP contribution in [0.15, 0.2) is 30.5 Å². The molecule has 27 heavy (non-hydrogen) atoms. The van der Waals surface area contributed by atoms with E-state index in [0.717, 1.165) is 4.57 Å². The predicted molar refractivity (Wildman–Crippen MR) is 88.6 cm³/mol. The molecule has 1 aliphatic rings. The molecule has 0 bridgehead atoms. The lowest BCUT2D eigenvalue weighted by molar-refractivity contribution is -0.147. The second-order valence-electron chi connectivity index (χ2n) is 6.48. The highest BCUT2D eigenvalue weighted by Crippen LogP contribution is 2.32. The van der Waals surface area contributed by atoms with Gasteiger partial charge in [-0.1, -0.05) is 6.07 Å². The number of imidazole rings is 1. The maximum atomic E-state index is 13.1. The van der Waals surface area contributed by atoms with E-state index in [9.17, 15) is 22.4 Å². The summed E-state index contributed by atoms with van der Waals surface area (Å²) in [5.41, 5.74) is 0.413. The molecule has 2 heterocycles. The van der Waals surface area contributed by atoms with Gasteiger partial charge in [-0.15, -0.1) is 0 Å². The van der Waals surface area contributed by atoms with Crippen LogP contribution in [-0.2, 0) is 23.9 Å². The molecule has 0 saturated carbocycles. The topological polar surface area (TPSA) is 47.4 Å². The first-order valence-corrected chi connectivity index (χ1v) is 8.50. The summed E-state index contributed by atoms with van der Waals surface area (Å²) in [7, 11) is 1.62. The number of likely N-dealkylation sites (N-methyl/N-ethyl adjacent to an activating group) is 1. The molecule has 5 nitrogen and oxygen atoms in total. The number of ether oxygens (including phenoxy) is 1. The van der Waals surface area contributed by atoms with Crippen molar-refractivity contribution in [3.8, 4) is 5.75 Å². The van der Waals surface area contributed by atoms with Crippen LogP contribution in [0.5, 0.6) is 5.75 Å². The lowest BCUT2D eigenvalue weighted by Gasteiger charge is -2.28. The van der Waals surface area contributed by atoms with Gasteiger partial charge in [0.2, 0.25) is 11.7 Å². The molecule has 0 fully saturated rings. The van der Waals surface area contributed by atoms with E-state index >= 15 is 0 Å². The lowest BCUT2D eigenvalue weighted by atomic mass is 9.95. The number of hydrogen-bond acceptors (Lipinski definition) is 3. The second kappa shape index (κ2) is 7.58. The number of halogens is 4. The van der Waals surface area contributed by atoms with Crippen LogP contribution >= 0.6 is 0 Å². The number of fused-ring (bicyclic) bond motifs is 1. The number of amides is 1. The van der Waals surface area contributed by atoms with Crippen molar-refractivity contribution in [2.75, 3.05) is 20.2 Å². The molecule has 1 amide bonds. The quantitative estimate of drug-likeness (QED) is 0.743. The summed E-state index contributed by atoms with van der Waals surface area (Å²) in [6.07, 6.45) is -2.77. The molecule has 0 saturated heterocycles. The van der Waals surface area contributed by atoms with Crippen molar-refractivity contribution in [3.05, 3.63) is 47.8 Å². The van der Waals surface area contributed by atoms with Gasteiger partial charge in [-0.05, 0) is 18.6 Å². The Hall–Kier alpha value is -2.58. The van der Waals surface area contributed by atoms with Crippen molar-refractivity contribution in [1.82, 2.24) is 14.5 Å². The zero-order chi connectivity index (χ0) is 19.6. The third-order valence-corrected chi connectivity index (χ3v) is 4.57. The van der Waals surface area contributed by atoms with Gasteiger partial charge in [0.25, 0.3) is 0 Å². The molecule has 1 aromatic heterocycles. The van der Waals surface area contributed by atoms with E-state index in [1.165, 1.54) is 29.3 Å². The largest absolute Gasteiger partial charge is 0.492 e. The number of benzene rings is 1. The number of rotatable bonds is 5. The first kappa shape index (κ1) is 19.2. The van der Waals surface area contributed by atoms with Crippen molar-refractivity contribution < 1.29 is 27.1 Å². The number of carbonyl (C=O) groups excluding carboxylic acids is 1. The van der Waals surface area contributed by atoms with E-state index in [1.54, 1.807) is 13.1 Å². The highest BCUT2D eigenvalue weighted by molar-refractivity contribution is 5.79. The zero-order valence-electron chi connectivity index (χ0n) is 14.7. The van der Waals surface area contributed by atoms with Crippen LogP contribution in [0.4, 0.5) is 17.6 Å². The summed E-state index contributed by atoms with van der Waals surface area (Å²) >= 11 is 0. The van der Waals surface area contributed by atoms with E-state index in [-0.39, 0.29) is 25.5 Å². The third kappa shape index (κ3) is 4.40. The molecule has 146 valence electrons. The molecule has 1 aromatic carbocycles. The molecule has 0 radical (unpaired) electrons. The Kier molecular flexibility index (Phi) is 5.38. The molecule has 9 heteroatoms. The fourth-order valence-corrected chi connectivity index (χ4v) is 3.18. The Morgan fingerprint density at radius 3 is 2.89 bits per heavy atom. The number of carbonyl (C=O) groups is 1. The zero-order valence-corrected chi connectivity index (χ0v) is 14.7. The maximum Gasteiger partial charge on any atom is 0.449 e. The average molecular weight is 385 g/mol. The maximum absolute atomic E-state index is 13.1. The molecular formula is C18H19F4N3O2. The second-order valence-corrected chi connectivity index (χ2v) is 6.48. The monoisotopic (exact) mass is 385 g/mol. The minimum Gasteiger partial charge on any atom is -0.492 e. The summed E-state index contributed by atoms with van der Waals surface area (Å²) in [6, 6.07) is 5.70. The summed E-state index contributed by atoms with van der Waals surface area (Å²) in [6.45, 7) is 0.585. The molecular weight excluding hydrogens is 366 g/mol. The van der Waals surface area contributed by atoms with Crippen molar-refractivity contribution >= 4 is 5.91 Å². The van der Waals surface area contributed by atoms with Gasteiger partial charge >= 0.3 is 6.18 Å². The number of aromatic nitrogens is 2. The van der Waals surface area contributed by atoms with Crippen LogP contribution in [0.25, 0.3) is 0 Å². The average Bonchev–Trinajstić information content (AvgIpc) is 3.04. The van der Waals surface area contributed by atoms with E-state index in [1.807, 2.05) is 0 Å². The fraction of sp³-hybridized carbons (Fsp3) is 0.444. The van der Waals surface area contributed by atoms with Crippen molar-refractivity contribution in [2.24, 2.45) is 5.92 Å². The Bertz CT molecular complexity index is 819. The first-order chi connectivity index (χ1) is 12.8. The van der Waals surface area contributed by atoms with Gasteiger partial charge in [0.05, 0.1) is 6.54 Å². The molecule has 0 aliphatic carbocycles. The molecule has 1 aliphatic heterocycles. The summed E-state index contributed by atoms with van der Waals surface area (Å²) in [4.78, 5) is 17.5. The summed E-state index contributed by atoms with van der Waals surface area (Å²) in [5.74, 6) is -1.50. The normalized spacial score (nSPS) is 16.7. The van der Waals surface area contributed by atoms with Gasteiger partial charge < -0.3 is 14.2 Å². The van der Waals surface area contributed by atoms with E-state index < -0.39 is 23.7 Å². The SMILES string of the molecule is CN(CCOc1cccc(F)c1)C(=O)[C@H]1CCn2c(cnc2C(F)(F)F)C1. The van der Waals surface area contributed by atoms with Crippen LogP contribution in [-0.4, -0.2) is 40.6 Å². The van der Waals surface area contributed by atoms with Crippen molar-refractivity contribution in [1.29, 1.82) is 0 Å². The van der Waals surface area contributed by atoms with Gasteiger partial charge in [-0.3, -0.25) is 4.79 Å². The molecule has 3 rings (SSSR count). The van der Waals surface area contributed by atoms with Crippen molar-refractivity contribution in [2.45, 2.75) is 25.6 Å². The standard InChI is InChI=1S/C18H19F4N3O2/c1-24(7-8-27-15-4-2-3-13(19)10-15)16(26)12-5-6-25-14(9-12)11-23-17(25)18(20,21)22/h2-4,10-12H,5-9H2,1H3/t12-/m0/s1. The van der Waals surface area contributed by atoms with Crippen LogP contribution in [0.2, 0.25) is 0 Å². The molecule has 0 spiro atoms. The number of alkyl halides is 3. The Balaban J connectivity index is 1.54. The lowest BCUT2D eigenvalue weighted by Crippen LogP contribution is -2.39. The Morgan fingerprint density at radius 2 is 2.19 bits per heavy atom. The summed E-state index contributed by atoms with van der Waals surface area (Å²) in [5, 5.41) is 0.